The molecule has 1 saturated heterocycles. The van der Waals surface area contributed by atoms with E-state index in [1.807, 2.05) is 60.7 Å². The number of aromatic nitrogens is 1. The van der Waals surface area contributed by atoms with Crippen molar-refractivity contribution < 1.29 is 23.6 Å². The van der Waals surface area contributed by atoms with Crippen LogP contribution in [0.2, 0.25) is 0 Å². The molecule has 32 heavy (non-hydrogen) atoms. The standard InChI is InChI=1S/C24H25N3O5/c1-17-21(15-30-19-10-6-3-7-11-19)23(26-32-17)24(29)25-12-20-14-27(22(28)16-31-20)13-18-8-4-2-5-9-18/h2-11,20H,12-16H2,1H3,(H,25,29). The molecule has 8 nitrogen and oxygen atoms in total. The molecule has 0 aliphatic carbocycles. The molecule has 1 atom stereocenters. The zero-order chi connectivity index (χ0) is 22.3. The van der Waals surface area contributed by atoms with E-state index >= 15 is 0 Å². The Kier molecular flexibility index (Phi) is 6.81. The van der Waals surface area contributed by atoms with Crippen molar-refractivity contribution in [3.05, 3.63) is 83.2 Å². The summed E-state index contributed by atoms with van der Waals surface area (Å²) in [6, 6.07) is 19.1. The quantitative estimate of drug-likeness (QED) is 0.585. The fraction of sp³-hybridized carbons (Fsp3) is 0.292. The molecular weight excluding hydrogens is 410 g/mol. The molecule has 1 aliphatic heterocycles. The van der Waals surface area contributed by atoms with E-state index in [1.54, 1.807) is 11.8 Å². The van der Waals surface area contributed by atoms with E-state index in [2.05, 4.69) is 10.5 Å². The van der Waals surface area contributed by atoms with Gasteiger partial charge in [0, 0.05) is 19.6 Å². The molecule has 0 saturated carbocycles. The fourth-order valence-corrected chi connectivity index (χ4v) is 3.46. The first kappa shape index (κ1) is 21.6. The van der Waals surface area contributed by atoms with E-state index in [4.69, 9.17) is 14.0 Å². The van der Waals surface area contributed by atoms with Crippen LogP contribution in [0.4, 0.5) is 0 Å². The van der Waals surface area contributed by atoms with Crippen LogP contribution >= 0.6 is 0 Å². The zero-order valence-corrected chi connectivity index (χ0v) is 17.8. The molecule has 4 rings (SSSR count). The van der Waals surface area contributed by atoms with Gasteiger partial charge in [0.1, 0.15) is 24.7 Å². The molecule has 1 aromatic heterocycles. The monoisotopic (exact) mass is 435 g/mol. The average Bonchev–Trinajstić information content (AvgIpc) is 3.19. The van der Waals surface area contributed by atoms with E-state index in [1.165, 1.54) is 0 Å². The lowest BCUT2D eigenvalue weighted by Gasteiger charge is -2.32. The number of morpholine rings is 1. The average molecular weight is 435 g/mol. The van der Waals surface area contributed by atoms with Crippen LogP contribution in [0.1, 0.15) is 27.4 Å². The highest BCUT2D eigenvalue weighted by atomic mass is 16.5. The maximum atomic E-state index is 12.7. The number of hydrogen-bond acceptors (Lipinski definition) is 6. The number of ether oxygens (including phenoxy) is 2. The minimum absolute atomic E-state index is 0.00734. The largest absolute Gasteiger partial charge is 0.489 e. The first-order valence-electron chi connectivity index (χ1n) is 10.4. The lowest BCUT2D eigenvalue weighted by atomic mass is 10.1. The summed E-state index contributed by atoms with van der Waals surface area (Å²) < 4.78 is 16.6. The van der Waals surface area contributed by atoms with Crippen molar-refractivity contribution in [2.75, 3.05) is 19.7 Å². The van der Waals surface area contributed by atoms with Gasteiger partial charge >= 0.3 is 0 Å². The third-order valence-electron chi connectivity index (χ3n) is 5.25. The smallest absolute Gasteiger partial charge is 0.273 e. The van der Waals surface area contributed by atoms with Crippen molar-refractivity contribution in [3.8, 4) is 5.75 Å². The maximum Gasteiger partial charge on any atom is 0.273 e. The van der Waals surface area contributed by atoms with E-state index < -0.39 is 0 Å². The summed E-state index contributed by atoms with van der Waals surface area (Å²) in [6.07, 6.45) is -0.308. The molecule has 8 heteroatoms. The lowest BCUT2D eigenvalue weighted by Crippen LogP contribution is -2.50. The van der Waals surface area contributed by atoms with Gasteiger partial charge in [-0.1, -0.05) is 53.7 Å². The number of carbonyl (C=O) groups excluding carboxylic acids is 2. The second-order valence-electron chi connectivity index (χ2n) is 7.57. The first-order valence-corrected chi connectivity index (χ1v) is 10.4. The van der Waals surface area contributed by atoms with Gasteiger partial charge in [0.2, 0.25) is 5.91 Å². The SMILES string of the molecule is Cc1onc(C(=O)NCC2CN(Cc3ccccc3)C(=O)CO2)c1COc1ccccc1. The first-order chi connectivity index (χ1) is 15.6. The second kappa shape index (κ2) is 10.1. The number of rotatable bonds is 8. The van der Waals surface area contributed by atoms with E-state index in [0.717, 1.165) is 5.56 Å². The van der Waals surface area contributed by atoms with Crippen molar-refractivity contribution >= 4 is 11.8 Å². The van der Waals surface area contributed by atoms with Gasteiger partial charge in [-0.2, -0.15) is 0 Å². The molecule has 2 aromatic carbocycles. The van der Waals surface area contributed by atoms with Crippen molar-refractivity contribution in [1.29, 1.82) is 0 Å². The molecule has 2 amide bonds. The van der Waals surface area contributed by atoms with Crippen LogP contribution in [0.25, 0.3) is 0 Å². The predicted octanol–water partition coefficient (Wildman–Crippen LogP) is 2.72. The Labute approximate surface area is 186 Å². The lowest BCUT2D eigenvalue weighted by molar-refractivity contribution is -0.149. The number of benzene rings is 2. The third-order valence-corrected chi connectivity index (χ3v) is 5.25. The van der Waals surface area contributed by atoms with Gasteiger partial charge < -0.3 is 24.2 Å². The topological polar surface area (TPSA) is 93.9 Å². The summed E-state index contributed by atoms with van der Waals surface area (Å²) in [4.78, 5) is 26.7. The van der Waals surface area contributed by atoms with Crippen LogP contribution < -0.4 is 10.1 Å². The highest BCUT2D eigenvalue weighted by Gasteiger charge is 2.28. The number of aryl methyl sites for hydroxylation is 1. The van der Waals surface area contributed by atoms with Gasteiger partial charge in [-0.15, -0.1) is 0 Å². The van der Waals surface area contributed by atoms with Crippen LogP contribution in [-0.2, 0) is 22.7 Å². The second-order valence-corrected chi connectivity index (χ2v) is 7.57. The molecule has 0 radical (unpaired) electrons. The van der Waals surface area contributed by atoms with Crippen LogP contribution in [0.3, 0.4) is 0 Å². The summed E-state index contributed by atoms with van der Waals surface area (Å²) in [6.45, 7) is 3.06. The Morgan fingerprint density at radius 1 is 1.16 bits per heavy atom. The van der Waals surface area contributed by atoms with Crippen molar-refractivity contribution in [2.45, 2.75) is 26.2 Å². The van der Waals surface area contributed by atoms with Gasteiger partial charge in [-0.3, -0.25) is 9.59 Å². The Morgan fingerprint density at radius 3 is 2.62 bits per heavy atom. The Balaban J connectivity index is 1.33. The molecule has 166 valence electrons. The molecule has 1 unspecified atom stereocenters. The van der Waals surface area contributed by atoms with Crippen LogP contribution in [0.5, 0.6) is 5.75 Å². The molecular formula is C24H25N3O5. The minimum Gasteiger partial charge on any atom is -0.489 e. The number of nitrogens with zero attached hydrogens (tertiary/aromatic N) is 2. The van der Waals surface area contributed by atoms with Gasteiger partial charge in [0.05, 0.1) is 11.7 Å². The predicted molar refractivity (Wildman–Crippen MR) is 116 cm³/mol. The van der Waals surface area contributed by atoms with Crippen LogP contribution in [0.15, 0.2) is 65.2 Å². The summed E-state index contributed by atoms with van der Waals surface area (Å²) in [5, 5.41) is 6.74. The molecule has 0 bridgehead atoms. The molecule has 1 N–H and O–H groups in total. The highest BCUT2D eigenvalue weighted by Crippen LogP contribution is 2.18. The van der Waals surface area contributed by atoms with Crippen LogP contribution in [-0.4, -0.2) is 47.7 Å². The number of carbonyl (C=O) groups is 2. The van der Waals surface area contributed by atoms with Crippen LogP contribution in [0, 0.1) is 6.92 Å². The van der Waals surface area contributed by atoms with Gasteiger partial charge in [0.15, 0.2) is 5.69 Å². The van der Waals surface area contributed by atoms with E-state index in [9.17, 15) is 9.59 Å². The number of para-hydroxylation sites is 1. The molecule has 2 heterocycles. The Morgan fingerprint density at radius 2 is 1.88 bits per heavy atom. The Bertz CT molecular complexity index is 1050. The summed E-state index contributed by atoms with van der Waals surface area (Å²) in [7, 11) is 0. The van der Waals surface area contributed by atoms with Crippen molar-refractivity contribution in [2.24, 2.45) is 0 Å². The maximum absolute atomic E-state index is 12.7. The van der Waals surface area contributed by atoms with Gasteiger partial charge in [-0.05, 0) is 24.6 Å². The molecule has 0 spiro atoms. The van der Waals surface area contributed by atoms with E-state index in [-0.39, 0.29) is 43.4 Å². The highest BCUT2D eigenvalue weighted by molar-refractivity contribution is 5.93. The van der Waals surface area contributed by atoms with Gasteiger partial charge in [0.25, 0.3) is 5.91 Å². The normalized spacial score (nSPS) is 16.1. The van der Waals surface area contributed by atoms with E-state index in [0.29, 0.717) is 30.2 Å². The molecule has 1 aliphatic rings. The number of hydrogen-bond donors (Lipinski definition) is 1. The third kappa shape index (κ3) is 5.33. The Hall–Kier alpha value is -3.65. The number of nitrogens with one attached hydrogen (secondary N) is 1. The summed E-state index contributed by atoms with van der Waals surface area (Å²) in [5.74, 6) is 0.783. The molecule has 1 fully saturated rings. The number of amides is 2. The van der Waals surface area contributed by atoms with Crippen molar-refractivity contribution in [3.63, 3.8) is 0 Å². The summed E-state index contributed by atoms with van der Waals surface area (Å²) >= 11 is 0. The van der Waals surface area contributed by atoms with Crippen molar-refractivity contribution in [1.82, 2.24) is 15.4 Å². The van der Waals surface area contributed by atoms with Gasteiger partial charge in [-0.25, -0.2) is 0 Å². The summed E-state index contributed by atoms with van der Waals surface area (Å²) in [5.41, 5.74) is 1.83. The zero-order valence-electron chi connectivity index (χ0n) is 17.8. The minimum atomic E-state index is -0.372. The molecule has 3 aromatic rings. The fourth-order valence-electron chi connectivity index (χ4n) is 3.46.